The number of halogens is 1. The zero-order valence-electron chi connectivity index (χ0n) is 17.0. The molecule has 2 amide bonds. The number of aliphatic carboxylic acids is 1. The molecule has 1 N–H and O–H groups in total. The molecule has 0 saturated carbocycles. The van der Waals surface area contributed by atoms with Crippen LogP contribution in [-0.4, -0.2) is 65.0 Å². The molecule has 5 atom stereocenters. The smallest absolute Gasteiger partial charge is 0.330 e. The second kappa shape index (κ2) is 8.04. The second-order valence-electron chi connectivity index (χ2n) is 7.86. The molecule has 12 heteroatoms. The van der Waals surface area contributed by atoms with Gasteiger partial charge in [0.15, 0.2) is 17.5 Å². The van der Waals surface area contributed by atoms with Crippen molar-refractivity contribution in [3.8, 4) is 0 Å². The van der Waals surface area contributed by atoms with Gasteiger partial charge >= 0.3 is 5.97 Å². The van der Waals surface area contributed by atoms with Gasteiger partial charge in [-0.05, 0) is 42.6 Å². The van der Waals surface area contributed by atoms with Crippen LogP contribution in [0.2, 0.25) is 0 Å². The Balaban J connectivity index is 2.06. The first-order valence-corrected chi connectivity index (χ1v) is 11.3. The normalized spacial score (nSPS) is 27.0. The molecule has 2 aliphatic rings. The lowest BCUT2D eigenvalue weighted by Crippen LogP contribution is -2.77. The Hall–Kier alpha value is -2.79. The molecule has 0 aromatic heterocycles. The maximum absolute atomic E-state index is 13.4. The first kappa shape index (κ1) is 22.9. The fourth-order valence-electron chi connectivity index (χ4n) is 4.22. The molecule has 2 fully saturated rings. The number of hydrogen-bond acceptors (Lipinski definition) is 6. The van der Waals surface area contributed by atoms with Gasteiger partial charge in [-0.25, -0.2) is 14.0 Å². The molecule has 0 aliphatic carbocycles. The molecular formula is C19H21ClN4O6S. The van der Waals surface area contributed by atoms with E-state index in [1.165, 1.54) is 20.8 Å². The van der Waals surface area contributed by atoms with Crippen LogP contribution in [0, 0.1) is 4.91 Å². The number of nitrogens with zero attached hydrogens (tertiary/aromatic N) is 4. The van der Waals surface area contributed by atoms with E-state index < -0.39 is 57.0 Å². The number of hydrogen-bond donors (Lipinski definition) is 1. The van der Waals surface area contributed by atoms with Crippen molar-refractivity contribution < 1.29 is 23.7 Å². The fourth-order valence-corrected chi connectivity index (χ4v) is 5.61. The maximum atomic E-state index is 13.4. The minimum Gasteiger partial charge on any atom is -0.479 e. The van der Waals surface area contributed by atoms with Crippen LogP contribution in [0.25, 0.3) is 0 Å². The first-order chi connectivity index (χ1) is 14.5. The van der Waals surface area contributed by atoms with Crippen molar-refractivity contribution in [3.05, 3.63) is 53.0 Å². The van der Waals surface area contributed by atoms with Crippen LogP contribution < -0.4 is 0 Å². The van der Waals surface area contributed by atoms with E-state index in [9.17, 15) is 28.6 Å². The van der Waals surface area contributed by atoms with Gasteiger partial charge in [0.1, 0.15) is 21.7 Å². The summed E-state index contributed by atoms with van der Waals surface area (Å²) >= 11 is 0. The molecule has 0 radical (unpaired) electrons. The summed E-state index contributed by atoms with van der Waals surface area (Å²) in [5.74, 6) is -2.73. The number of carboxylic acid groups (broad SMARTS) is 1. The predicted octanol–water partition coefficient (Wildman–Crippen LogP) is 1.76. The third-order valence-corrected chi connectivity index (χ3v) is 6.98. The number of carbonyl (C=O) groups is 3. The number of carbonyl (C=O) groups excluding carboxylic acids is 2. The Morgan fingerprint density at radius 3 is 2.29 bits per heavy atom. The van der Waals surface area contributed by atoms with Gasteiger partial charge in [0.05, 0.1) is 5.29 Å². The highest BCUT2D eigenvalue weighted by Gasteiger charge is 2.66. The van der Waals surface area contributed by atoms with Crippen LogP contribution in [0.1, 0.15) is 32.4 Å². The third kappa shape index (κ3) is 3.41. The van der Waals surface area contributed by atoms with Crippen LogP contribution >= 0.6 is 10.7 Å². The molecule has 2 aliphatic heterocycles. The summed E-state index contributed by atoms with van der Waals surface area (Å²) in [6.45, 7) is 8.05. The average Bonchev–Trinajstić information content (AvgIpc) is 2.88. The molecule has 0 spiro atoms. The zero-order chi connectivity index (χ0) is 23.2. The van der Waals surface area contributed by atoms with Gasteiger partial charge in [-0.15, -0.1) is 4.91 Å². The number of rotatable bonds is 7. The van der Waals surface area contributed by atoms with Crippen molar-refractivity contribution in [3.63, 3.8) is 0 Å². The molecule has 5 unspecified atom stereocenters. The third-order valence-electron chi connectivity index (χ3n) is 5.57. The molecule has 0 bridgehead atoms. The highest BCUT2D eigenvalue weighted by molar-refractivity contribution is 8.08. The van der Waals surface area contributed by atoms with E-state index in [-0.39, 0.29) is 5.57 Å². The molecule has 166 valence electrons. The summed E-state index contributed by atoms with van der Waals surface area (Å²) in [5.41, 5.74) is -0.751. The van der Waals surface area contributed by atoms with Gasteiger partial charge in [0.2, 0.25) is 0 Å². The van der Waals surface area contributed by atoms with E-state index in [4.69, 9.17) is 10.7 Å². The first-order valence-electron chi connectivity index (χ1n) is 9.24. The molecular weight excluding hydrogens is 448 g/mol. The highest BCUT2D eigenvalue weighted by Crippen LogP contribution is 2.46. The van der Waals surface area contributed by atoms with Crippen LogP contribution in [0.4, 0.5) is 0 Å². The van der Waals surface area contributed by atoms with E-state index in [1.807, 2.05) is 0 Å². The number of nitroso groups, excluding NO2 is 1. The molecule has 1 aromatic carbocycles. The Bertz CT molecular complexity index is 973. The highest BCUT2D eigenvalue weighted by atomic mass is 35.7. The van der Waals surface area contributed by atoms with Crippen molar-refractivity contribution in [1.82, 2.24) is 14.8 Å². The van der Waals surface area contributed by atoms with Crippen LogP contribution in [0.5, 0.6) is 0 Å². The van der Waals surface area contributed by atoms with E-state index in [1.54, 1.807) is 30.3 Å². The van der Waals surface area contributed by atoms with Crippen molar-refractivity contribution in [2.75, 3.05) is 0 Å². The summed E-state index contributed by atoms with van der Waals surface area (Å²) < 4.78 is 12.3. The van der Waals surface area contributed by atoms with E-state index >= 15 is 0 Å². The van der Waals surface area contributed by atoms with Gasteiger partial charge in [-0.3, -0.25) is 9.59 Å². The van der Waals surface area contributed by atoms with Crippen molar-refractivity contribution >= 4 is 38.5 Å². The lowest BCUT2D eigenvalue weighted by molar-refractivity contribution is -0.171. The summed E-state index contributed by atoms with van der Waals surface area (Å²) in [6, 6.07) is 4.53. The summed E-state index contributed by atoms with van der Waals surface area (Å²) in [5, 5.41) is 12.3. The van der Waals surface area contributed by atoms with Gasteiger partial charge < -0.3 is 14.9 Å². The zero-order valence-corrected chi connectivity index (χ0v) is 18.5. The molecule has 3 rings (SSSR count). The van der Waals surface area contributed by atoms with E-state index in [0.717, 1.165) is 14.8 Å². The predicted molar refractivity (Wildman–Crippen MR) is 112 cm³/mol. The van der Waals surface area contributed by atoms with Crippen LogP contribution in [0.3, 0.4) is 0 Å². The van der Waals surface area contributed by atoms with Crippen molar-refractivity contribution in [1.29, 1.82) is 0 Å². The Labute approximate surface area is 185 Å². The van der Waals surface area contributed by atoms with E-state index in [2.05, 4.69) is 11.9 Å². The van der Waals surface area contributed by atoms with Crippen LogP contribution in [-0.2, 0) is 24.4 Å². The molecule has 31 heavy (non-hydrogen) atoms. The molecule has 1 aromatic rings. The summed E-state index contributed by atoms with van der Waals surface area (Å²) in [4.78, 5) is 51.9. The number of amides is 2. The molecule has 2 heterocycles. The SMILES string of the molecule is C=C(C)C(C(=O)O)N1C(=O)C(N2C(=O)C(c3ccccc3)N(N=O)C2(C)C)C1S(=O)Cl. The Morgan fingerprint density at radius 1 is 1.26 bits per heavy atom. The molecule has 2 saturated heterocycles. The van der Waals surface area contributed by atoms with Crippen molar-refractivity contribution in [2.45, 2.75) is 49.9 Å². The Kier molecular flexibility index (Phi) is 5.94. The van der Waals surface area contributed by atoms with Gasteiger partial charge in [-0.1, -0.05) is 36.9 Å². The minimum absolute atomic E-state index is 0.136. The largest absolute Gasteiger partial charge is 0.479 e. The number of likely N-dealkylation sites (tertiary alicyclic amines) is 1. The Morgan fingerprint density at radius 2 is 1.84 bits per heavy atom. The van der Waals surface area contributed by atoms with Crippen LogP contribution in [0.15, 0.2) is 47.8 Å². The maximum Gasteiger partial charge on any atom is 0.330 e. The number of benzene rings is 1. The van der Waals surface area contributed by atoms with Gasteiger partial charge in [0, 0.05) is 0 Å². The second-order valence-corrected chi connectivity index (χ2v) is 9.75. The van der Waals surface area contributed by atoms with Gasteiger partial charge in [-0.2, -0.15) is 0 Å². The number of carboxylic acids is 1. The topological polar surface area (TPSA) is 128 Å². The lowest BCUT2D eigenvalue weighted by atomic mass is 9.96. The van der Waals surface area contributed by atoms with Crippen molar-refractivity contribution in [2.24, 2.45) is 5.29 Å². The summed E-state index contributed by atoms with van der Waals surface area (Å²) in [7, 11) is 3.63. The standard InChI is InChI=1S/C19H21ClN4O6S/c1-10(2)12(18(27)28)22-15(25)14(17(22)31(20)30)23-16(26)13(11-8-6-5-7-9-11)24(21-29)19(23,3)4/h5-9,12-14,17H,1H2,2-4H3,(H,27,28). The average molecular weight is 469 g/mol. The minimum atomic E-state index is -2.22. The monoisotopic (exact) mass is 468 g/mol. The lowest BCUT2D eigenvalue weighted by Gasteiger charge is -2.53. The summed E-state index contributed by atoms with van der Waals surface area (Å²) in [6.07, 6.45) is 0. The fraction of sp³-hybridized carbons (Fsp3) is 0.421. The van der Waals surface area contributed by atoms with Gasteiger partial charge in [0.25, 0.3) is 11.8 Å². The quantitative estimate of drug-likeness (QED) is 0.279. The number of β-lactam (4-membered cyclic amide) rings is 1. The van der Waals surface area contributed by atoms with E-state index in [0.29, 0.717) is 5.56 Å². The molecule has 10 nitrogen and oxygen atoms in total.